The Balaban J connectivity index is 1.74. The van der Waals surface area contributed by atoms with Crippen molar-refractivity contribution in [3.05, 3.63) is 76.7 Å². The Hall–Kier alpha value is -3.51. The molecule has 200 valence electrons. The summed E-state index contributed by atoms with van der Waals surface area (Å²) in [5, 5.41) is 23.5. The Morgan fingerprint density at radius 1 is 1.00 bits per heavy atom. The van der Waals surface area contributed by atoms with Gasteiger partial charge in [-0.15, -0.1) is 0 Å². The molecular weight excluding hydrogens is 480 g/mol. The van der Waals surface area contributed by atoms with Crippen LogP contribution in [0.1, 0.15) is 61.6 Å². The van der Waals surface area contributed by atoms with E-state index in [-0.39, 0.29) is 17.6 Å². The highest BCUT2D eigenvalue weighted by atomic mass is 16.5. The lowest BCUT2D eigenvalue weighted by molar-refractivity contribution is -0.127. The molecule has 3 aromatic rings. The summed E-state index contributed by atoms with van der Waals surface area (Å²) in [6, 6.07) is 11.6. The summed E-state index contributed by atoms with van der Waals surface area (Å²) in [5.74, 6) is 6.55. The third-order valence-corrected chi connectivity index (χ3v) is 7.29. The lowest BCUT2D eigenvalue weighted by atomic mass is 9.62. The van der Waals surface area contributed by atoms with Gasteiger partial charge in [0.15, 0.2) is 5.60 Å². The molecule has 2 N–H and O–H groups in total. The van der Waals surface area contributed by atoms with Gasteiger partial charge >= 0.3 is 6.01 Å². The highest BCUT2D eigenvalue weighted by molar-refractivity contribution is 5.45. The average molecular weight is 517 g/mol. The molecule has 4 rings (SSSR count). The Morgan fingerprint density at radius 2 is 1.68 bits per heavy atom. The van der Waals surface area contributed by atoms with Gasteiger partial charge in [0.2, 0.25) is 5.88 Å². The van der Waals surface area contributed by atoms with Crippen molar-refractivity contribution in [3.63, 3.8) is 0 Å². The molecule has 0 radical (unpaired) electrons. The zero-order valence-electron chi connectivity index (χ0n) is 23.1. The summed E-state index contributed by atoms with van der Waals surface area (Å²) in [6.45, 7) is 9.41. The monoisotopic (exact) mass is 516 g/mol. The van der Waals surface area contributed by atoms with E-state index in [9.17, 15) is 10.2 Å². The fraction of sp³-hybridized carbons (Fsp3) is 0.433. The third-order valence-electron chi connectivity index (χ3n) is 7.29. The molecule has 1 aliphatic heterocycles. The lowest BCUT2D eigenvalue weighted by Gasteiger charge is -2.55. The molecule has 0 saturated carbocycles. The minimum atomic E-state index is -1.62. The van der Waals surface area contributed by atoms with Crippen LogP contribution in [0.5, 0.6) is 11.9 Å². The Labute approximate surface area is 224 Å². The smallest absolute Gasteiger partial charge is 0.319 e. The van der Waals surface area contributed by atoms with E-state index in [2.05, 4.69) is 64.6 Å². The average Bonchev–Trinajstić information content (AvgIpc) is 2.90. The van der Waals surface area contributed by atoms with E-state index < -0.39 is 16.6 Å². The van der Waals surface area contributed by atoms with Crippen LogP contribution in [0.2, 0.25) is 0 Å². The van der Waals surface area contributed by atoms with Crippen molar-refractivity contribution >= 4 is 0 Å². The summed E-state index contributed by atoms with van der Waals surface area (Å²) in [7, 11) is 4.96. The summed E-state index contributed by atoms with van der Waals surface area (Å²) < 4.78 is 10.3. The second kappa shape index (κ2) is 10.3. The summed E-state index contributed by atoms with van der Waals surface area (Å²) in [6.07, 6.45) is 3.31. The van der Waals surface area contributed by atoms with Crippen molar-refractivity contribution in [3.8, 4) is 23.7 Å². The quantitative estimate of drug-likeness (QED) is 0.461. The Morgan fingerprint density at radius 3 is 2.26 bits per heavy atom. The maximum Gasteiger partial charge on any atom is 0.319 e. The van der Waals surface area contributed by atoms with Crippen molar-refractivity contribution in [1.29, 1.82) is 0 Å². The fourth-order valence-electron chi connectivity index (χ4n) is 5.16. The number of aromatic nitrogens is 3. The van der Waals surface area contributed by atoms with Crippen LogP contribution >= 0.6 is 0 Å². The number of pyridine rings is 1. The highest BCUT2D eigenvalue weighted by Gasteiger charge is 2.55. The summed E-state index contributed by atoms with van der Waals surface area (Å²) >= 11 is 0. The Kier molecular flexibility index (Phi) is 7.48. The number of benzene rings is 1. The van der Waals surface area contributed by atoms with Crippen LogP contribution in [-0.2, 0) is 11.2 Å². The maximum atomic E-state index is 12.4. The molecule has 38 heavy (non-hydrogen) atoms. The minimum absolute atomic E-state index is 0.0670. The lowest BCUT2D eigenvalue weighted by Crippen LogP contribution is -2.63. The fourth-order valence-corrected chi connectivity index (χ4v) is 5.16. The molecule has 0 aliphatic carbocycles. The van der Waals surface area contributed by atoms with Crippen LogP contribution < -0.4 is 9.47 Å². The van der Waals surface area contributed by atoms with Crippen molar-refractivity contribution in [2.45, 2.75) is 44.8 Å². The van der Waals surface area contributed by atoms with E-state index in [1.807, 2.05) is 25.2 Å². The van der Waals surface area contributed by atoms with Crippen molar-refractivity contribution in [2.24, 2.45) is 5.41 Å². The number of methoxy groups -OCH3 is 2. The molecule has 1 fully saturated rings. The number of hydrogen-bond acceptors (Lipinski definition) is 8. The third kappa shape index (κ3) is 5.10. The molecule has 1 aromatic carbocycles. The number of aliphatic hydroxyl groups is 2. The van der Waals surface area contributed by atoms with E-state index in [4.69, 9.17) is 9.47 Å². The number of rotatable bonds is 7. The first-order chi connectivity index (χ1) is 17.9. The molecule has 2 aromatic heterocycles. The van der Waals surface area contributed by atoms with Crippen LogP contribution in [0, 0.1) is 17.3 Å². The molecule has 8 nitrogen and oxygen atoms in total. The van der Waals surface area contributed by atoms with Gasteiger partial charge in [0.25, 0.3) is 0 Å². The van der Waals surface area contributed by atoms with Crippen LogP contribution in [0.4, 0.5) is 0 Å². The molecule has 1 saturated heterocycles. The predicted octanol–water partition coefficient (Wildman–Crippen LogP) is 3.46. The zero-order valence-corrected chi connectivity index (χ0v) is 23.1. The van der Waals surface area contributed by atoms with E-state index in [1.165, 1.54) is 32.8 Å². The second-order valence-electron chi connectivity index (χ2n) is 10.8. The van der Waals surface area contributed by atoms with Gasteiger partial charge in [-0.2, -0.15) is 9.97 Å². The molecule has 2 atom stereocenters. The maximum absolute atomic E-state index is 12.4. The van der Waals surface area contributed by atoms with Gasteiger partial charge in [-0.3, -0.25) is 4.98 Å². The summed E-state index contributed by atoms with van der Waals surface area (Å²) in [4.78, 5) is 14.9. The topological polar surface area (TPSA) is 101 Å². The number of nitrogens with zero attached hydrogens (tertiary/aromatic N) is 4. The second-order valence-corrected chi connectivity index (χ2v) is 10.8. The highest BCUT2D eigenvalue weighted by Crippen LogP contribution is 2.50. The molecule has 8 heteroatoms. The van der Waals surface area contributed by atoms with Crippen molar-refractivity contribution in [1.82, 2.24) is 19.9 Å². The Bertz CT molecular complexity index is 1330. The molecule has 0 amide bonds. The number of ether oxygens (including phenoxy) is 2. The van der Waals surface area contributed by atoms with Crippen LogP contribution in [0.25, 0.3) is 0 Å². The largest absolute Gasteiger partial charge is 0.481 e. The van der Waals surface area contributed by atoms with Gasteiger partial charge in [-0.25, -0.2) is 0 Å². The first kappa shape index (κ1) is 27.5. The molecule has 1 aliphatic rings. The van der Waals surface area contributed by atoms with Crippen molar-refractivity contribution < 1.29 is 19.7 Å². The van der Waals surface area contributed by atoms with E-state index in [0.29, 0.717) is 17.0 Å². The molecular formula is C30H36N4O4. The van der Waals surface area contributed by atoms with Gasteiger partial charge in [-0.05, 0) is 37.1 Å². The van der Waals surface area contributed by atoms with E-state index in [1.54, 1.807) is 12.4 Å². The first-order valence-electron chi connectivity index (χ1n) is 12.6. The predicted molar refractivity (Wildman–Crippen MR) is 145 cm³/mol. The van der Waals surface area contributed by atoms with Crippen LogP contribution in [0.3, 0.4) is 0 Å². The van der Waals surface area contributed by atoms with Gasteiger partial charge in [0.05, 0.1) is 19.9 Å². The minimum Gasteiger partial charge on any atom is -0.481 e. The standard InChI is InChI=1S/C30H36N4O4/c1-20(2)22-8-10-23(11-9-22)30(36,28(3)18-34(5)19-28)24-14-21(16-31-17-24)12-13-29(4,35)25-15-26(37-6)33-27(32-25)38-7/h8-11,14-17,20,35-36H,18-19H2,1-7H3/t29-,30-/m0/s1. The SMILES string of the molecule is COc1cc([C@@](C)(O)C#Cc2cncc([C@@](O)(c3ccc(C(C)C)cc3)C3(C)CN(C)C3)c2)nc(OC)n1. The molecule has 0 spiro atoms. The first-order valence-corrected chi connectivity index (χ1v) is 12.6. The van der Waals surface area contributed by atoms with Crippen molar-refractivity contribution in [2.75, 3.05) is 34.4 Å². The normalized spacial score (nSPS) is 17.9. The summed E-state index contributed by atoms with van der Waals surface area (Å²) in [5.41, 5.74) is 0.160. The zero-order chi connectivity index (χ0) is 27.7. The number of hydrogen-bond donors (Lipinski definition) is 2. The molecule has 3 heterocycles. The number of likely N-dealkylation sites (tertiary alicyclic amines) is 1. The van der Waals surface area contributed by atoms with E-state index in [0.717, 1.165) is 18.7 Å². The van der Waals surface area contributed by atoms with Crippen LogP contribution in [0.15, 0.2) is 48.8 Å². The van der Waals surface area contributed by atoms with Gasteiger partial charge in [-0.1, -0.05) is 56.9 Å². The van der Waals surface area contributed by atoms with Gasteiger partial charge in [0, 0.05) is 48.1 Å². The van der Waals surface area contributed by atoms with E-state index >= 15 is 0 Å². The van der Waals surface area contributed by atoms with Gasteiger partial charge in [0.1, 0.15) is 5.60 Å². The van der Waals surface area contributed by atoms with Gasteiger partial charge < -0.3 is 24.6 Å². The molecule has 0 bridgehead atoms. The molecule has 0 unspecified atom stereocenters. The van der Waals surface area contributed by atoms with Crippen LogP contribution in [-0.4, -0.2) is 64.4 Å².